The topological polar surface area (TPSA) is 108 Å². The number of nitrogens with zero attached hydrogens (tertiary/aromatic N) is 1. The molecule has 0 spiro atoms. The molecular formula is C23H35N3O5S. The van der Waals surface area contributed by atoms with E-state index in [2.05, 4.69) is 29.8 Å². The number of unbranched alkanes of at least 4 members (excludes halogenated alkanes) is 1. The Morgan fingerprint density at radius 3 is 2.53 bits per heavy atom. The maximum atomic E-state index is 13.4. The van der Waals surface area contributed by atoms with Gasteiger partial charge in [0.25, 0.3) is 0 Å². The van der Waals surface area contributed by atoms with Crippen LogP contribution >= 0.6 is 12.6 Å². The van der Waals surface area contributed by atoms with Crippen LogP contribution in [0.4, 0.5) is 4.79 Å². The Hall–Kier alpha value is -2.68. The van der Waals surface area contributed by atoms with Gasteiger partial charge < -0.3 is 25.4 Å². The summed E-state index contributed by atoms with van der Waals surface area (Å²) in [5.74, 6) is -0.952. The summed E-state index contributed by atoms with van der Waals surface area (Å²) in [6.45, 7) is 11.3. The van der Waals surface area contributed by atoms with Crippen LogP contribution in [0.1, 0.15) is 52.1 Å². The summed E-state index contributed by atoms with van der Waals surface area (Å²) in [5, 5.41) is 15.3. The minimum Gasteiger partial charge on any atom is -0.508 e. The number of phenolic OH excluding ortho intramolecular Hbond substituents is 1. The van der Waals surface area contributed by atoms with E-state index in [1.807, 2.05) is 6.92 Å². The Bertz CT molecular complexity index is 794. The number of carbonyl (C=O) groups excluding carboxylic acids is 3. The van der Waals surface area contributed by atoms with Crippen LogP contribution in [-0.2, 0) is 14.3 Å². The lowest BCUT2D eigenvalue weighted by atomic mass is 10.0. The van der Waals surface area contributed by atoms with E-state index in [-0.39, 0.29) is 18.0 Å². The molecule has 2 unspecified atom stereocenters. The molecule has 1 aromatic carbocycles. The van der Waals surface area contributed by atoms with Crippen molar-refractivity contribution in [2.45, 2.75) is 58.2 Å². The Labute approximate surface area is 195 Å². The van der Waals surface area contributed by atoms with Crippen molar-refractivity contribution in [3.8, 4) is 5.75 Å². The summed E-state index contributed by atoms with van der Waals surface area (Å²) in [6.07, 6.45) is 2.42. The van der Waals surface area contributed by atoms with Crippen LogP contribution < -0.4 is 10.6 Å². The predicted molar refractivity (Wildman–Crippen MR) is 128 cm³/mol. The standard InChI is InChI=1S/C23H35N3O5S/c1-6-8-12-24-20(28)19(16-10-9-11-17(27)14-16)26(13-7-2)21(29)18(15-32)25-22(30)31-23(3,4)5/h7,9-11,14,18-19,27,32H,2,6,8,12-13,15H2,1,3-5H3,(H,24,28)(H,25,30). The molecule has 2 atom stereocenters. The third-order valence-corrected chi connectivity index (χ3v) is 4.72. The Balaban J connectivity index is 3.27. The normalized spacial score (nSPS) is 12.9. The molecule has 0 radical (unpaired) electrons. The van der Waals surface area contributed by atoms with E-state index in [1.165, 1.54) is 23.1 Å². The third kappa shape index (κ3) is 8.82. The molecule has 1 rings (SSSR count). The fourth-order valence-corrected chi connectivity index (χ4v) is 3.20. The third-order valence-electron chi connectivity index (χ3n) is 4.36. The van der Waals surface area contributed by atoms with E-state index in [0.29, 0.717) is 12.1 Å². The zero-order chi connectivity index (χ0) is 24.3. The predicted octanol–water partition coefficient (Wildman–Crippen LogP) is 3.19. The van der Waals surface area contributed by atoms with Gasteiger partial charge in [0.15, 0.2) is 0 Å². The average molecular weight is 466 g/mol. The number of alkyl carbamates (subject to hydrolysis) is 1. The summed E-state index contributed by atoms with van der Waals surface area (Å²) in [5.41, 5.74) is -0.303. The number of carbonyl (C=O) groups is 3. The van der Waals surface area contributed by atoms with Crippen molar-refractivity contribution in [3.63, 3.8) is 0 Å². The highest BCUT2D eigenvalue weighted by molar-refractivity contribution is 7.80. The van der Waals surface area contributed by atoms with E-state index in [0.717, 1.165) is 12.8 Å². The Morgan fingerprint density at radius 1 is 1.31 bits per heavy atom. The quantitative estimate of drug-likeness (QED) is 0.228. The molecule has 3 N–H and O–H groups in total. The first-order valence-corrected chi connectivity index (χ1v) is 11.3. The van der Waals surface area contributed by atoms with Crippen molar-refractivity contribution in [3.05, 3.63) is 42.5 Å². The van der Waals surface area contributed by atoms with Gasteiger partial charge in [0, 0.05) is 18.8 Å². The lowest BCUT2D eigenvalue weighted by molar-refractivity contribution is -0.141. The zero-order valence-electron chi connectivity index (χ0n) is 19.3. The van der Waals surface area contributed by atoms with Crippen LogP contribution in [0.5, 0.6) is 5.75 Å². The van der Waals surface area contributed by atoms with Crippen molar-refractivity contribution in [2.75, 3.05) is 18.8 Å². The van der Waals surface area contributed by atoms with Crippen LogP contribution in [-0.4, -0.2) is 58.4 Å². The molecule has 0 heterocycles. The Kier molecular flexibility index (Phi) is 11.1. The monoisotopic (exact) mass is 465 g/mol. The fraction of sp³-hybridized carbons (Fsp3) is 0.522. The summed E-state index contributed by atoms with van der Waals surface area (Å²) >= 11 is 4.21. The molecule has 178 valence electrons. The molecule has 1 aromatic rings. The van der Waals surface area contributed by atoms with E-state index >= 15 is 0 Å². The maximum absolute atomic E-state index is 13.4. The number of benzene rings is 1. The van der Waals surface area contributed by atoms with Gasteiger partial charge in [-0.25, -0.2) is 4.79 Å². The Morgan fingerprint density at radius 2 is 2.00 bits per heavy atom. The van der Waals surface area contributed by atoms with Gasteiger partial charge in [0.05, 0.1) is 0 Å². The summed E-state index contributed by atoms with van der Waals surface area (Å²) in [6, 6.07) is 4.11. The van der Waals surface area contributed by atoms with Crippen LogP contribution in [0.2, 0.25) is 0 Å². The second-order valence-electron chi connectivity index (χ2n) is 8.30. The minimum absolute atomic E-state index is 0.00404. The van der Waals surface area contributed by atoms with Gasteiger partial charge in [-0.05, 0) is 44.9 Å². The van der Waals surface area contributed by atoms with Crippen molar-refractivity contribution in [1.29, 1.82) is 0 Å². The summed E-state index contributed by atoms with van der Waals surface area (Å²) in [7, 11) is 0. The second-order valence-corrected chi connectivity index (χ2v) is 8.67. The van der Waals surface area contributed by atoms with Crippen LogP contribution in [0.25, 0.3) is 0 Å². The van der Waals surface area contributed by atoms with Gasteiger partial charge in [-0.2, -0.15) is 12.6 Å². The molecule has 0 saturated carbocycles. The molecule has 8 nitrogen and oxygen atoms in total. The molecule has 0 aliphatic rings. The first-order valence-electron chi connectivity index (χ1n) is 10.6. The highest BCUT2D eigenvalue weighted by Crippen LogP contribution is 2.25. The van der Waals surface area contributed by atoms with Crippen LogP contribution in [0.3, 0.4) is 0 Å². The molecule has 0 bridgehead atoms. The molecule has 32 heavy (non-hydrogen) atoms. The number of hydrogen-bond acceptors (Lipinski definition) is 6. The number of hydrogen-bond donors (Lipinski definition) is 4. The van der Waals surface area contributed by atoms with Gasteiger partial charge in [0.2, 0.25) is 11.8 Å². The van der Waals surface area contributed by atoms with E-state index in [9.17, 15) is 19.5 Å². The number of ether oxygens (including phenoxy) is 1. The first kappa shape index (κ1) is 27.4. The molecule has 0 aliphatic carbocycles. The van der Waals surface area contributed by atoms with Crippen LogP contribution in [0, 0.1) is 0 Å². The van der Waals surface area contributed by atoms with Gasteiger partial charge >= 0.3 is 6.09 Å². The molecule has 0 aliphatic heterocycles. The van der Waals surface area contributed by atoms with Crippen molar-refractivity contribution in [2.24, 2.45) is 0 Å². The zero-order valence-corrected chi connectivity index (χ0v) is 20.2. The number of amides is 3. The fourth-order valence-electron chi connectivity index (χ4n) is 2.95. The average Bonchev–Trinajstić information content (AvgIpc) is 2.70. The maximum Gasteiger partial charge on any atom is 0.408 e. The van der Waals surface area contributed by atoms with E-state index in [1.54, 1.807) is 32.9 Å². The van der Waals surface area contributed by atoms with E-state index in [4.69, 9.17) is 4.74 Å². The SMILES string of the molecule is C=CCN(C(=O)C(CS)NC(=O)OC(C)(C)C)C(C(=O)NCCCC)c1cccc(O)c1. The number of rotatable bonds is 11. The molecule has 0 aromatic heterocycles. The molecule has 0 fully saturated rings. The first-order chi connectivity index (χ1) is 15.0. The van der Waals surface area contributed by atoms with Crippen LogP contribution in [0.15, 0.2) is 36.9 Å². The van der Waals surface area contributed by atoms with Gasteiger partial charge in [-0.3, -0.25) is 9.59 Å². The van der Waals surface area contributed by atoms with Gasteiger partial charge in [0.1, 0.15) is 23.4 Å². The number of nitrogens with one attached hydrogen (secondary N) is 2. The van der Waals surface area contributed by atoms with Gasteiger partial charge in [-0.1, -0.05) is 31.6 Å². The molecule has 0 saturated heterocycles. The van der Waals surface area contributed by atoms with E-state index < -0.39 is 35.6 Å². The van der Waals surface area contributed by atoms with Crippen molar-refractivity contribution < 1.29 is 24.2 Å². The van der Waals surface area contributed by atoms with Crippen molar-refractivity contribution in [1.82, 2.24) is 15.5 Å². The molecule has 9 heteroatoms. The lowest BCUT2D eigenvalue weighted by Gasteiger charge is -2.33. The number of aromatic hydroxyl groups is 1. The van der Waals surface area contributed by atoms with Gasteiger partial charge in [-0.15, -0.1) is 6.58 Å². The summed E-state index contributed by atoms with van der Waals surface area (Å²) in [4.78, 5) is 40.1. The highest BCUT2D eigenvalue weighted by Gasteiger charge is 2.35. The number of thiol groups is 1. The minimum atomic E-state index is -1.03. The molecular weight excluding hydrogens is 430 g/mol. The lowest BCUT2D eigenvalue weighted by Crippen LogP contribution is -2.53. The molecule has 3 amide bonds. The largest absolute Gasteiger partial charge is 0.508 e. The smallest absolute Gasteiger partial charge is 0.408 e. The van der Waals surface area contributed by atoms with Crippen molar-refractivity contribution >= 4 is 30.5 Å². The highest BCUT2D eigenvalue weighted by atomic mass is 32.1. The number of phenols is 1. The summed E-state index contributed by atoms with van der Waals surface area (Å²) < 4.78 is 5.25. The second kappa shape index (κ2) is 13.0.